The van der Waals surface area contributed by atoms with Crippen LogP contribution in [0.2, 0.25) is 0 Å². The smallest absolute Gasteiger partial charge is 0.270 e. The van der Waals surface area contributed by atoms with E-state index in [1.807, 2.05) is 54.6 Å². The number of para-hydroxylation sites is 2. The van der Waals surface area contributed by atoms with Crippen molar-refractivity contribution in [2.24, 2.45) is 0 Å². The van der Waals surface area contributed by atoms with Crippen LogP contribution in [-0.2, 0) is 0 Å². The van der Waals surface area contributed by atoms with Gasteiger partial charge in [-0.05, 0) is 60.7 Å². The van der Waals surface area contributed by atoms with Gasteiger partial charge in [0.25, 0.3) is 6.71 Å². The Morgan fingerprint density at radius 3 is 1.72 bits per heavy atom. The molecule has 0 amide bonds. The SMILES string of the molecule is N#Cc1cccc(-n2c3ccccc3c3ccc4c(c5ccccc5n4-c4cc5c6c(c4)Oc4cccc7c4B6c4c(cccc4O5)O7)c32)c1. The van der Waals surface area contributed by atoms with E-state index in [2.05, 4.69) is 94.1 Å². The van der Waals surface area contributed by atoms with Gasteiger partial charge in [-0.15, -0.1) is 0 Å². The molecule has 0 fully saturated rings. The maximum Gasteiger partial charge on any atom is 0.270 e. The molecule has 0 aliphatic carbocycles. The van der Waals surface area contributed by atoms with Crippen molar-refractivity contribution in [2.75, 3.05) is 0 Å². The molecule has 6 nitrogen and oxygen atoms in total. The van der Waals surface area contributed by atoms with Gasteiger partial charge in [-0.3, -0.25) is 0 Å². The van der Waals surface area contributed by atoms with Crippen molar-refractivity contribution in [3.8, 4) is 51.9 Å². The van der Waals surface area contributed by atoms with Gasteiger partial charge in [0.2, 0.25) is 0 Å². The highest BCUT2D eigenvalue weighted by Crippen LogP contribution is 2.45. The molecule has 0 atom stereocenters. The number of hydrogen-bond donors (Lipinski definition) is 0. The van der Waals surface area contributed by atoms with E-state index in [1.54, 1.807) is 0 Å². The monoisotopic (exact) mass is 639 g/mol. The van der Waals surface area contributed by atoms with Gasteiger partial charge in [0.1, 0.15) is 34.5 Å². The van der Waals surface area contributed by atoms with Crippen LogP contribution < -0.4 is 30.6 Å². The Balaban J connectivity index is 1.18. The van der Waals surface area contributed by atoms with Gasteiger partial charge in [-0.25, -0.2) is 0 Å². The first-order chi connectivity index (χ1) is 24.7. The number of fused-ring (bicyclic) bond motifs is 7. The lowest BCUT2D eigenvalue weighted by Gasteiger charge is -2.37. The summed E-state index contributed by atoms with van der Waals surface area (Å²) in [6, 6.07) is 48.1. The number of nitriles is 1. The van der Waals surface area contributed by atoms with Crippen molar-refractivity contribution in [3.63, 3.8) is 0 Å². The maximum absolute atomic E-state index is 9.81. The van der Waals surface area contributed by atoms with Crippen LogP contribution in [0.1, 0.15) is 5.56 Å². The van der Waals surface area contributed by atoms with Gasteiger partial charge in [0, 0.05) is 55.8 Å². The first kappa shape index (κ1) is 26.1. The normalized spacial score (nSPS) is 13.2. The van der Waals surface area contributed by atoms with Crippen LogP contribution >= 0.6 is 0 Å². The average Bonchev–Trinajstić information content (AvgIpc) is 3.68. The minimum absolute atomic E-state index is 0.0413. The van der Waals surface area contributed by atoms with Gasteiger partial charge in [-0.1, -0.05) is 60.7 Å². The summed E-state index contributed by atoms with van der Waals surface area (Å²) in [6.45, 7) is -0.0413. The van der Waals surface area contributed by atoms with Gasteiger partial charge < -0.3 is 23.3 Å². The van der Waals surface area contributed by atoms with Crippen LogP contribution in [0.5, 0.6) is 34.5 Å². The molecular formula is C43H22BN3O3. The highest BCUT2D eigenvalue weighted by Gasteiger charge is 2.46. The molecule has 7 aromatic carbocycles. The van der Waals surface area contributed by atoms with Crippen LogP contribution in [0.25, 0.3) is 55.0 Å². The predicted molar refractivity (Wildman–Crippen MR) is 198 cm³/mol. The molecule has 0 spiro atoms. The fraction of sp³-hybridized carbons (Fsp3) is 0. The molecular weight excluding hydrogens is 617 g/mol. The summed E-state index contributed by atoms with van der Waals surface area (Å²) in [4.78, 5) is 0. The first-order valence-electron chi connectivity index (χ1n) is 16.7. The van der Waals surface area contributed by atoms with Crippen molar-refractivity contribution in [2.45, 2.75) is 0 Å². The average molecular weight is 639 g/mol. The third kappa shape index (κ3) is 3.18. The topological polar surface area (TPSA) is 61.3 Å². The lowest BCUT2D eigenvalue weighted by molar-refractivity contribution is 0.442. The Bertz CT molecular complexity index is 2980. The standard InChI is InChI=1S/C43H22BN3O3/c45-23-24-8-5-9-25(20-24)47-30-12-3-1-10-27(30)28-18-19-32-39(43(28)47)29-11-2-4-13-31(29)46(32)26-21-37-42-38(22-26)50-36-17-7-15-34-41(36)44(42)40-33(48-34)14-6-16-35(40)49-37/h1-22H. The second-order valence-corrected chi connectivity index (χ2v) is 13.2. The van der Waals surface area contributed by atoms with Crippen LogP contribution in [-0.4, -0.2) is 15.8 Å². The van der Waals surface area contributed by atoms with E-state index in [9.17, 15) is 5.26 Å². The highest BCUT2D eigenvalue weighted by molar-refractivity contribution is 6.99. The van der Waals surface area contributed by atoms with Gasteiger partial charge >= 0.3 is 0 Å². The van der Waals surface area contributed by atoms with E-state index in [0.717, 1.165) is 106 Å². The van der Waals surface area contributed by atoms with Gasteiger partial charge in [0.05, 0.1) is 39.4 Å². The summed E-state index contributed by atoms with van der Waals surface area (Å²) in [6.07, 6.45) is 0. The van der Waals surface area contributed by atoms with Gasteiger partial charge in [0.15, 0.2) is 0 Å². The zero-order valence-electron chi connectivity index (χ0n) is 26.3. The summed E-state index contributed by atoms with van der Waals surface area (Å²) in [7, 11) is 0. The Hall–Kier alpha value is -6.91. The molecule has 3 aliphatic rings. The lowest BCUT2D eigenvalue weighted by atomic mass is 9.34. The van der Waals surface area contributed by atoms with E-state index in [4.69, 9.17) is 14.2 Å². The molecule has 0 saturated carbocycles. The second kappa shape index (κ2) is 9.16. The molecule has 0 saturated heterocycles. The highest BCUT2D eigenvalue weighted by atomic mass is 16.5. The molecule has 3 aliphatic heterocycles. The van der Waals surface area contributed by atoms with E-state index in [-0.39, 0.29) is 6.71 Å². The Morgan fingerprint density at radius 2 is 1.04 bits per heavy atom. The summed E-state index contributed by atoms with van der Waals surface area (Å²) in [5.74, 6) is 4.81. The number of ether oxygens (including phenoxy) is 3. The predicted octanol–water partition coefficient (Wildman–Crippen LogP) is 8.59. The summed E-state index contributed by atoms with van der Waals surface area (Å²) in [5.41, 5.74) is 9.98. The largest absolute Gasteiger partial charge is 0.458 e. The lowest BCUT2D eigenvalue weighted by Crippen LogP contribution is -2.59. The summed E-state index contributed by atoms with van der Waals surface area (Å²) < 4.78 is 24.4. The number of rotatable bonds is 2. The Morgan fingerprint density at radius 1 is 0.460 bits per heavy atom. The van der Waals surface area contributed by atoms with E-state index in [0.29, 0.717) is 5.56 Å². The minimum Gasteiger partial charge on any atom is -0.458 e. The zero-order valence-corrected chi connectivity index (χ0v) is 26.3. The van der Waals surface area contributed by atoms with E-state index in [1.165, 1.54) is 0 Å². The summed E-state index contributed by atoms with van der Waals surface area (Å²) in [5, 5.41) is 14.4. The summed E-state index contributed by atoms with van der Waals surface area (Å²) >= 11 is 0. The third-order valence-electron chi connectivity index (χ3n) is 10.6. The first-order valence-corrected chi connectivity index (χ1v) is 16.7. The maximum atomic E-state index is 9.81. The number of benzene rings is 7. The second-order valence-electron chi connectivity index (χ2n) is 13.2. The molecule has 2 aromatic heterocycles. The van der Waals surface area contributed by atoms with E-state index < -0.39 is 0 Å². The molecule has 0 radical (unpaired) electrons. The van der Waals surface area contributed by atoms with Crippen LogP contribution in [0.4, 0.5) is 0 Å². The third-order valence-corrected chi connectivity index (χ3v) is 10.6. The fourth-order valence-corrected chi connectivity index (χ4v) is 8.70. The number of aromatic nitrogens is 2. The Kier molecular flexibility index (Phi) is 4.78. The van der Waals surface area contributed by atoms with Gasteiger partial charge in [-0.2, -0.15) is 5.26 Å². The molecule has 0 bridgehead atoms. The van der Waals surface area contributed by atoms with Crippen LogP contribution in [0.15, 0.2) is 133 Å². The number of nitrogens with zero attached hydrogens (tertiary/aromatic N) is 3. The van der Waals surface area contributed by atoms with E-state index >= 15 is 0 Å². The Labute approximate surface area is 285 Å². The quantitative estimate of drug-likeness (QED) is 0.178. The molecule has 0 unspecified atom stereocenters. The molecule has 9 aromatic rings. The number of hydrogen-bond acceptors (Lipinski definition) is 4. The fourth-order valence-electron chi connectivity index (χ4n) is 8.70. The van der Waals surface area contributed by atoms with Crippen molar-refractivity contribution in [3.05, 3.63) is 139 Å². The molecule has 7 heteroatoms. The van der Waals surface area contributed by atoms with Crippen LogP contribution in [0, 0.1) is 11.3 Å². The minimum atomic E-state index is -0.0413. The molecule has 50 heavy (non-hydrogen) atoms. The van der Waals surface area contributed by atoms with Crippen molar-refractivity contribution < 1.29 is 14.2 Å². The van der Waals surface area contributed by atoms with Crippen molar-refractivity contribution >= 4 is 66.7 Å². The molecule has 12 rings (SSSR count). The molecule has 230 valence electrons. The zero-order chi connectivity index (χ0) is 32.7. The molecule has 5 heterocycles. The van der Waals surface area contributed by atoms with Crippen LogP contribution in [0.3, 0.4) is 0 Å². The van der Waals surface area contributed by atoms with Crippen molar-refractivity contribution in [1.29, 1.82) is 5.26 Å². The molecule has 0 N–H and O–H groups in total. The van der Waals surface area contributed by atoms with Crippen molar-refractivity contribution in [1.82, 2.24) is 9.13 Å².